The second-order valence-corrected chi connectivity index (χ2v) is 6.67. The molecular formula is C17H21N3O4. The summed E-state index contributed by atoms with van der Waals surface area (Å²) < 4.78 is 5.36. The van der Waals surface area contributed by atoms with E-state index < -0.39 is 10.5 Å². The summed E-state index contributed by atoms with van der Waals surface area (Å²) in [7, 11) is 0. The lowest BCUT2D eigenvalue weighted by Gasteiger charge is -2.31. The second kappa shape index (κ2) is 7.30. The zero-order valence-electron chi connectivity index (χ0n) is 14.1. The molecule has 0 N–H and O–H groups in total. The summed E-state index contributed by atoms with van der Waals surface area (Å²) in [6, 6.07) is 2.93. The van der Waals surface area contributed by atoms with E-state index in [1.807, 2.05) is 20.8 Å². The topological polar surface area (TPSA) is 85.6 Å². The maximum atomic E-state index is 12.0. The van der Waals surface area contributed by atoms with E-state index in [4.69, 9.17) is 4.74 Å². The van der Waals surface area contributed by atoms with Crippen LogP contribution in [0.3, 0.4) is 0 Å². The normalized spacial score (nSPS) is 15.4. The lowest BCUT2D eigenvalue weighted by Crippen LogP contribution is -2.41. The number of nitrogens with zero attached hydrogens (tertiary/aromatic N) is 3. The van der Waals surface area contributed by atoms with Gasteiger partial charge in [0.2, 0.25) is 0 Å². The van der Waals surface area contributed by atoms with Crippen molar-refractivity contribution in [2.45, 2.75) is 39.2 Å². The number of aromatic nitrogens is 1. The average Bonchev–Trinajstić information content (AvgIpc) is 2.52. The van der Waals surface area contributed by atoms with Crippen LogP contribution in [-0.4, -0.2) is 39.6 Å². The third kappa shape index (κ3) is 5.23. The Morgan fingerprint density at radius 3 is 2.54 bits per heavy atom. The Labute approximate surface area is 141 Å². The van der Waals surface area contributed by atoms with Gasteiger partial charge in [0, 0.05) is 25.1 Å². The van der Waals surface area contributed by atoms with Crippen LogP contribution >= 0.6 is 0 Å². The predicted molar refractivity (Wildman–Crippen MR) is 88.3 cm³/mol. The van der Waals surface area contributed by atoms with Crippen molar-refractivity contribution in [3.05, 3.63) is 34.1 Å². The number of carbonyl (C=O) groups excluding carboxylic acids is 1. The highest BCUT2D eigenvalue weighted by Gasteiger charge is 2.26. The second-order valence-electron chi connectivity index (χ2n) is 6.67. The van der Waals surface area contributed by atoms with Gasteiger partial charge < -0.3 is 9.64 Å². The number of carbonyl (C=O) groups is 1. The van der Waals surface area contributed by atoms with Crippen LogP contribution in [0.4, 0.5) is 10.5 Å². The van der Waals surface area contributed by atoms with Crippen LogP contribution in [0.2, 0.25) is 0 Å². The van der Waals surface area contributed by atoms with Crippen molar-refractivity contribution in [1.29, 1.82) is 0 Å². The van der Waals surface area contributed by atoms with Gasteiger partial charge >= 0.3 is 6.09 Å². The van der Waals surface area contributed by atoms with Gasteiger partial charge in [-0.05, 0) is 45.6 Å². The summed E-state index contributed by atoms with van der Waals surface area (Å²) in [6.45, 7) is 6.77. The molecular weight excluding hydrogens is 310 g/mol. The van der Waals surface area contributed by atoms with Crippen molar-refractivity contribution >= 4 is 11.8 Å². The Kier molecular flexibility index (Phi) is 5.39. The van der Waals surface area contributed by atoms with Crippen molar-refractivity contribution in [1.82, 2.24) is 9.88 Å². The number of hydrogen-bond acceptors (Lipinski definition) is 5. The summed E-state index contributed by atoms with van der Waals surface area (Å²) >= 11 is 0. The maximum absolute atomic E-state index is 12.0. The average molecular weight is 331 g/mol. The lowest BCUT2D eigenvalue weighted by molar-refractivity contribution is -0.385. The molecule has 0 aromatic carbocycles. The van der Waals surface area contributed by atoms with E-state index in [0.29, 0.717) is 18.8 Å². The quantitative estimate of drug-likeness (QED) is 0.448. The van der Waals surface area contributed by atoms with Gasteiger partial charge in [-0.25, -0.2) is 9.78 Å². The molecule has 7 nitrogen and oxygen atoms in total. The van der Waals surface area contributed by atoms with Crippen molar-refractivity contribution < 1.29 is 14.5 Å². The Bertz CT molecular complexity index is 660. The number of likely N-dealkylation sites (tertiary alicyclic amines) is 1. The summed E-state index contributed by atoms with van der Waals surface area (Å²) in [4.78, 5) is 27.7. The van der Waals surface area contributed by atoms with Gasteiger partial charge in [0.05, 0.1) is 4.92 Å². The van der Waals surface area contributed by atoms with Crippen LogP contribution in [-0.2, 0) is 4.74 Å². The third-order valence-corrected chi connectivity index (χ3v) is 3.51. The fourth-order valence-corrected chi connectivity index (χ4v) is 2.28. The van der Waals surface area contributed by atoms with E-state index in [1.54, 1.807) is 11.0 Å². The highest BCUT2D eigenvalue weighted by atomic mass is 16.6. The van der Waals surface area contributed by atoms with E-state index in [9.17, 15) is 14.9 Å². The number of piperidine rings is 1. The van der Waals surface area contributed by atoms with Gasteiger partial charge in [-0.15, -0.1) is 0 Å². The first-order valence-electron chi connectivity index (χ1n) is 7.84. The van der Waals surface area contributed by atoms with Gasteiger partial charge in [0.25, 0.3) is 5.69 Å². The van der Waals surface area contributed by atoms with Crippen molar-refractivity contribution in [3.63, 3.8) is 0 Å². The molecule has 0 atom stereocenters. The van der Waals surface area contributed by atoms with Crippen LogP contribution in [0.1, 0.15) is 39.3 Å². The Hall–Kier alpha value is -2.62. The van der Waals surface area contributed by atoms with E-state index in [1.165, 1.54) is 12.3 Å². The summed E-state index contributed by atoms with van der Waals surface area (Å²) in [5.74, 6) is 6.26. The summed E-state index contributed by atoms with van der Waals surface area (Å²) in [5.41, 5.74) is -0.0311. The molecule has 0 radical (unpaired) electrons. The Morgan fingerprint density at radius 2 is 2.04 bits per heavy atom. The Balaban J connectivity index is 1.87. The largest absolute Gasteiger partial charge is 0.444 e. The molecule has 1 aromatic rings. The molecule has 0 bridgehead atoms. The van der Waals surface area contributed by atoms with Gasteiger partial charge in [-0.3, -0.25) is 10.1 Å². The van der Waals surface area contributed by atoms with Crippen molar-refractivity contribution in [2.24, 2.45) is 5.92 Å². The van der Waals surface area contributed by atoms with Crippen LogP contribution < -0.4 is 0 Å². The van der Waals surface area contributed by atoms with Crippen LogP contribution in [0.15, 0.2) is 18.3 Å². The molecule has 1 saturated heterocycles. The van der Waals surface area contributed by atoms with Crippen LogP contribution in [0.5, 0.6) is 0 Å². The minimum Gasteiger partial charge on any atom is -0.444 e. The molecule has 24 heavy (non-hydrogen) atoms. The molecule has 0 saturated carbocycles. The minimum absolute atomic E-state index is 0.0498. The molecule has 0 spiro atoms. The molecule has 1 aliphatic rings. The number of nitro groups is 1. The molecule has 1 fully saturated rings. The number of pyridine rings is 1. The summed E-state index contributed by atoms with van der Waals surface area (Å²) in [5, 5.41) is 10.6. The standard InChI is InChI=1S/C17H21N3O4/c1-17(2,3)24-16(21)19-10-8-13(9-11-19)4-5-14-6-7-15(12-18-14)20(22)23/h6-7,12-13H,8-11H2,1-3H3. The molecule has 0 unspecified atom stereocenters. The highest BCUT2D eigenvalue weighted by molar-refractivity contribution is 5.68. The highest BCUT2D eigenvalue weighted by Crippen LogP contribution is 2.19. The zero-order chi connectivity index (χ0) is 17.7. The van der Waals surface area contributed by atoms with Crippen LogP contribution in [0, 0.1) is 27.9 Å². The first-order valence-corrected chi connectivity index (χ1v) is 7.84. The maximum Gasteiger partial charge on any atom is 0.410 e. The number of ether oxygens (including phenoxy) is 1. The molecule has 0 aliphatic carbocycles. The van der Waals surface area contributed by atoms with Crippen molar-refractivity contribution in [3.8, 4) is 11.8 Å². The Morgan fingerprint density at radius 1 is 1.38 bits per heavy atom. The van der Waals surface area contributed by atoms with Gasteiger partial charge in [-0.1, -0.05) is 5.92 Å². The van der Waals surface area contributed by atoms with Crippen LogP contribution in [0.25, 0.3) is 0 Å². The number of hydrogen-bond donors (Lipinski definition) is 0. The monoisotopic (exact) mass is 331 g/mol. The molecule has 1 amide bonds. The van der Waals surface area contributed by atoms with Crippen molar-refractivity contribution in [2.75, 3.05) is 13.1 Å². The zero-order valence-corrected chi connectivity index (χ0v) is 14.1. The van der Waals surface area contributed by atoms with Gasteiger partial charge in [0.15, 0.2) is 0 Å². The smallest absolute Gasteiger partial charge is 0.410 e. The molecule has 128 valence electrons. The van der Waals surface area contributed by atoms with E-state index >= 15 is 0 Å². The third-order valence-electron chi connectivity index (χ3n) is 3.51. The minimum atomic E-state index is -0.491. The number of rotatable bonds is 1. The fraction of sp³-hybridized carbons (Fsp3) is 0.529. The van der Waals surface area contributed by atoms with Gasteiger partial charge in [-0.2, -0.15) is 0 Å². The van der Waals surface area contributed by atoms with E-state index in [-0.39, 0.29) is 17.7 Å². The fourth-order valence-electron chi connectivity index (χ4n) is 2.28. The molecule has 2 rings (SSSR count). The number of amides is 1. The van der Waals surface area contributed by atoms with E-state index in [2.05, 4.69) is 16.8 Å². The molecule has 1 aromatic heterocycles. The first kappa shape index (κ1) is 17.7. The van der Waals surface area contributed by atoms with E-state index in [0.717, 1.165) is 12.8 Å². The first-order chi connectivity index (χ1) is 11.2. The summed E-state index contributed by atoms with van der Waals surface area (Å²) in [6.07, 6.45) is 2.47. The molecule has 7 heteroatoms. The molecule has 1 aliphatic heterocycles. The molecule has 2 heterocycles. The lowest BCUT2D eigenvalue weighted by atomic mass is 9.97. The van der Waals surface area contributed by atoms with Gasteiger partial charge in [0.1, 0.15) is 17.5 Å². The SMILES string of the molecule is CC(C)(C)OC(=O)N1CCC(C#Cc2ccc([N+](=O)[O-])cn2)CC1. The predicted octanol–water partition coefficient (Wildman–Crippen LogP) is 2.99.